The standard InChI is InChI=1S/C14H29NO2S/c1-12(2)7-9-18(16,17)10-8-15-14-6-4-5-13(3)11-14/h12-15H,4-11H2,1-3H3. The summed E-state index contributed by atoms with van der Waals surface area (Å²) in [6, 6.07) is 0.536. The van der Waals surface area contributed by atoms with Crippen molar-refractivity contribution in [3.63, 3.8) is 0 Å². The van der Waals surface area contributed by atoms with Gasteiger partial charge in [-0.25, -0.2) is 8.42 Å². The average molecular weight is 275 g/mol. The van der Waals surface area contributed by atoms with Crippen LogP contribution in [0, 0.1) is 11.8 Å². The molecule has 1 fully saturated rings. The Morgan fingerprint density at radius 1 is 1.22 bits per heavy atom. The Hall–Kier alpha value is -0.0900. The molecule has 0 radical (unpaired) electrons. The fraction of sp³-hybridized carbons (Fsp3) is 1.00. The highest BCUT2D eigenvalue weighted by Gasteiger charge is 2.19. The van der Waals surface area contributed by atoms with Gasteiger partial charge < -0.3 is 5.32 Å². The highest BCUT2D eigenvalue weighted by Crippen LogP contribution is 2.23. The van der Waals surface area contributed by atoms with Crippen LogP contribution >= 0.6 is 0 Å². The molecular formula is C14H29NO2S. The summed E-state index contributed by atoms with van der Waals surface area (Å²) in [5.74, 6) is 1.89. The van der Waals surface area contributed by atoms with Crippen molar-refractivity contribution in [2.75, 3.05) is 18.1 Å². The van der Waals surface area contributed by atoms with E-state index in [-0.39, 0.29) is 0 Å². The molecule has 4 heteroatoms. The minimum absolute atomic E-state index is 0.296. The fourth-order valence-electron chi connectivity index (χ4n) is 2.56. The van der Waals surface area contributed by atoms with Gasteiger partial charge >= 0.3 is 0 Å². The maximum absolute atomic E-state index is 11.8. The van der Waals surface area contributed by atoms with Crippen LogP contribution in [0.15, 0.2) is 0 Å². The summed E-state index contributed by atoms with van der Waals surface area (Å²) in [7, 11) is -2.85. The molecule has 2 unspecified atom stereocenters. The molecule has 2 atom stereocenters. The van der Waals surface area contributed by atoms with E-state index in [4.69, 9.17) is 0 Å². The van der Waals surface area contributed by atoms with Gasteiger partial charge in [-0.2, -0.15) is 0 Å². The number of sulfone groups is 1. The molecule has 0 amide bonds. The monoisotopic (exact) mass is 275 g/mol. The molecule has 0 aromatic rings. The first-order valence-electron chi connectivity index (χ1n) is 7.33. The summed E-state index contributed by atoms with van der Waals surface area (Å²) in [6.45, 7) is 7.04. The minimum atomic E-state index is -2.85. The maximum atomic E-state index is 11.8. The van der Waals surface area contributed by atoms with Gasteiger partial charge in [0.05, 0.1) is 11.5 Å². The summed E-state index contributed by atoms with van der Waals surface area (Å²) in [4.78, 5) is 0. The van der Waals surface area contributed by atoms with Crippen molar-refractivity contribution in [1.82, 2.24) is 5.32 Å². The van der Waals surface area contributed by atoms with Gasteiger partial charge in [-0.05, 0) is 31.1 Å². The number of hydrogen-bond acceptors (Lipinski definition) is 3. The van der Waals surface area contributed by atoms with E-state index in [0.717, 1.165) is 12.3 Å². The smallest absolute Gasteiger partial charge is 0.151 e. The first kappa shape index (κ1) is 16.0. The molecule has 108 valence electrons. The predicted molar refractivity (Wildman–Crippen MR) is 77.5 cm³/mol. The maximum Gasteiger partial charge on any atom is 0.151 e. The van der Waals surface area contributed by atoms with Crippen molar-refractivity contribution in [2.24, 2.45) is 11.8 Å². The van der Waals surface area contributed by atoms with Gasteiger partial charge in [0.15, 0.2) is 9.84 Å². The molecule has 0 aromatic carbocycles. The van der Waals surface area contributed by atoms with Gasteiger partial charge in [0.2, 0.25) is 0 Å². The second kappa shape index (κ2) is 7.49. The van der Waals surface area contributed by atoms with Crippen molar-refractivity contribution >= 4 is 9.84 Å². The summed E-state index contributed by atoms with van der Waals surface area (Å²) >= 11 is 0. The van der Waals surface area contributed by atoms with Gasteiger partial charge in [0.25, 0.3) is 0 Å². The molecule has 0 bridgehead atoms. The lowest BCUT2D eigenvalue weighted by Crippen LogP contribution is -2.36. The molecule has 1 aliphatic carbocycles. The van der Waals surface area contributed by atoms with Crippen LogP contribution < -0.4 is 5.32 Å². The van der Waals surface area contributed by atoms with Crippen LogP contribution in [0.3, 0.4) is 0 Å². The van der Waals surface area contributed by atoms with E-state index in [1.165, 1.54) is 25.7 Å². The van der Waals surface area contributed by atoms with Crippen LogP contribution in [-0.4, -0.2) is 32.5 Å². The zero-order valence-corrected chi connectivity index (χ0v) is 12.9. The average Bonchev–Trinajstić information content (AvgIpc) is 2.26. The van der Waals surface area contributed by atoms with Crippen LogP contribution in [0.4, 0.5) is 0 Å². The highest BCUT2D eigenvalue weighted by molar-refractivity contribution is 7.91. The largest absolute Gasteiger partial charge is 0.313 e. The molecule has 0 spiro atoms. The third-order valence-corrected chi connectivity index (χ3v) is 5.47. The van der Waals surface area contributed by atoms with E-state index in [1.54, 1.807) is 0 Å². The van der Waals surface area contributed by atoms with Crippen LogP contribution in [0.1, 0.15) is 52.9 Å². The van der Waals surface area contributed by atoms with Gasteiger partial charge in [-0.15, -0.1) is 0 Å². The number of nitrogens with one attached hydrogen (secondary N) is 1. The van der Waals surface area contributed by atoms with Crippen LogP contribution in [0.5, 0.6) is 0 Å². The molecule has 0 heterocycles. The number of hydrogen-bond donors (Lipinski definition) is 1. The third kappa shape index (κ3) is 6.74. The second-order valence-corrected chi connectivity index (χ2v) is 8.56. The van der Waals surface area contributed by atoms with E-state index in [1.807, 2.05) is 0 Å². The van der Waals surface area contributed by atoms with Gasteiger partial charge in [0.1, 0.15) is 0 Å². The lowest BCUT2D eigenvalue weighted by molar-refractivity contribution is 0.305. The van der Waals surface area contributed by atoms with Crippen molar-refractivity contribution in [3.05, 3.63) is 0 Å². The lowest BCUT2D eigenvalue weighted by Gasteiger charge is -2.27. The van der Waals surface area contributed by atoms with E-state index >= 15 is 0 Å². The predicted octanol–water partition coefficient (Wildman–Crippen LogP) is 2.62. The summed E-state index contributed by atoms with van der Waals surface area (Å²) in [5.41, 5.74) is 0. The molecule has 0 aliphatic heterocycles. The Labute approximate surface area is 113 Å². The van der Waals surface area contributed by atoms with Gasteiger partial charge in [-0.3, -0.25) is 0 Å². The Kier molecular flexibility index (Phi) is 6.64. The van der Waals surface area contributed by atoms with E-state index in [2.05, 4.69) is 26.1 Å². The van der Waals surface area contributed by atoms with Crippen LogP contribution in [0.2, 0.25) is 0 Å². The van der Waals surface area contributed by atoms with Crippen LogP contribution in [-0.2, 0) is 9.84 Å². The Balaban J connectivity index is 2.20. The molecule has 3 nitrogen and oxygen atoms in total. The Morgan fingerprint density at radius 3 is 2.56 bits per heavy atom. The van der Waals surface area contributed by atoms with E-state index in [0.29, 0.717) is 30.0 Å². The fourth-order valence-corrected chi connectivity index (χ4v) is 4.02. The van der Waals surface area contributed by atoms with Crippen LogP contribution in [0.25, 0.3) is 0 Å². The lowest BCUT2D eigenvalue weighted by atomic mass is 9.87. The SMILES string of the molecule is CC(C)CCS(=O)(=O)CCNC1CCCC(C)C1. The summed E-state index contributed by atoms with van der Waals surface area (Å²) < 4.78 is 23.6. The van der Waals surface area contributed by atoms with E-state index < -0.39 is 9.84 Å². The first-order chi connectivity index (χ1) is 8.39. The molecule has 1 aliphatic rings. The molecular weight excluding hydrogens is 246 g/mol. The first-order valence-corrected chi connectivity index (χ1v) is 9.15. The molecule has 0 aromatic heterocycles. The van der Waals surface area contributed by atoms with Gasteiger partial charge in [-0.1, -0.05) is 33.6 Å². The normalized spacial score (nSPS) is 25.6. The zero-order chi connectivity index (χ0) is 13.6. The Morgan fingerprint density at radius 2 is 1.94 bits per heavy atom. The topological polar surface area (TPSA) is 46.2 Å². The second-order valence-electron chi connectivity index (χ2n) is 6.26. The van der Waals surface area contributed by atoms with Gasteiger partial charge in [0, 0.05) is 12.6 Å². The molecule has 1 N–H and O–H groups in total. The highest BCUT2D eigenvalue weighted by atomic mass is 32.2. The number of rotatable bonds is 7. The molecule has 0 saturated heterocycles. The van der Waals surface area contributed by atoms with Crippen molar-refractivity contribution in [2.45, 2.75) is 58.9 Å². The molecule has 1 rings (SSSR count). The summed E-state index contributed by atoms with van der Waals surface area (Å²) in [6.07, 6.45) is 5.79. The van der Waals surface area contributed by atoms with Crippen molar-refractivity contribution in [3.8, 4) is 0 Å². The Bertz CT molecular complexity index is 325. The van der Waals surface area contributed by atoms with Crippen molar-refractivity contribution < 1.29 is 8.42 Å². The third-order valence-electron chi connectivity index (χ3n) is 3.79. The summed E-state index contributed by atoms with van der Waals surface area (Å²) in [5, 5.41) is 3.42. The van der Waals surface area contributed by atoms with Crippen molar-refractivity contribution in [1.29, 1.82) is 0 Å². The quantitative estimate of drug-likeness (QED) is 0.777. The zero-order valence-electron chi connectivity index (χ0n) is 12.1. The molecule has 1 saturated carbocycles. The van der Waals surface area contributed by atoms with E-state index in [9.17, 15) is 8.42 Å². The minimum Gasteiger partial charge on any atom is -0.313 e. The molecule has 18 heavy (non-hydrogen) atoms.